The molecule has 1 rings (SSSR count). The monoisotopic (exact) mass is 232 g/mol. The minimum absolute atomic E-state index is 0.0382. The zero-order valence-electron chi connectivity index (χ0n) is 9.65. The van der Waals surface area contributed by atoms with Crippen molar-refractivity contribution >= 4 is 12.1 Å². The van der Waals surface area contributed by atoms with Crippen molar-refractivity contribution in [2.24, 2.45) is 5.41 Å². The molecule has 0 bridgehead atoms. The molecule has 1 aliphatic rings. The van der Waals surface area contributed by atoms with Crippen molar-refractivity contribution in [3.8, 4) is 0 Å². The molecule has 1 atom stereocenters. The van der Waals surface area contributed by atoms with Crippen LogP contribution >= 0.6 is 0 Å². The van der Waals surface area contributed by atoms with E-state index in [1.165, 1.54) is 0 Å². The van der Waals surface area contributed by atoms with E-state index in [4.69, 9.17) is 9.47 Å². The van der Waals surface area contributed by atoms with Gasteiger partial charge in [-0.3, -0.25) is 4.79 Å². The van der Waals surface area contributed by atoms with Crippen molar-refractivity contribution in [2.75, 3.05) is 19.8 Å². The van der Waals surface area contributed by atoms with Crippen LogP contribution in [0.5, 0.6) is 0 Å². The van der Waals surface area contributed by atoms with Crippen molar-refractivity contribution in [1.82, 2.24) is 0 Å². The maximum absolute atomic E-state index is 11.7. The Balaban J connectivity index is 2.49. The third-order valence-corrected chi connectivity index (χ3v) is 2.18. The minimum atomic E-state index is -0.959. The highest BCUT2D eigenvalue weighted by Crippen LogP contribution is 2.24. The molecule has 0 saturated carbocycles. The minimum Gasteiger partial charge on any atom is -0.435 e. The zero-order chi connectivity index (χ0) is 12.2. The van der Waals surface area contributed by atoms with Crippen LogP contribution < -0.4 is 0 Å². The lowest BCUT2D eigenvalue weighted by Gasteiger charge is -2.30. The van der Waals surface area contributed by atoms with E-state index < -0.39 is 23.8 Å². The lowest BCUT2D eigenvalue weighted by atomic mass is 9.93. The molecule has 1 saturated heterocycles. The molecule has 92 valence electrons. The van der Waals surface area contributed by atoms with Crippen molar-refractivity contribution < 1.29 is 28.5 Å². The summed E-state index contributed by atoms with van der Waals surface area (Å²) < 4.78 is 19.4. The molecule has 0 aromatic carbocycles. The van der Waals surface area contributed by atoms with Crippen LogP contribution in [0, 0.1) is 5.41 Å². The summed E-state index contributed by atoms with van der Waals surface area (Å²) in [4.78, 5) is 22.4. The van der Waals surface area contributed by atoms with Crippen molar-refractivity contribution in [2.45, 2.75) is 27.1 Å². The summed E-state index contributed by atoms with van der Waals surface area (Å²) in [6.45, 7) is 5.42. The third kappa shape index (κ3) is 3.10. The maximum atomic E-state index is 11.7. The first-order valence-corrected chi connectivity index (χ1v) is 5.10. The molecule has 0 N–H and O–H groups in total. The Bertz CT molecular complexity index is 264. The van der Waals surface area contributed by atoms with Crippen LogP contribution in [0.3, 0.4) is 0 Å². The van der Waals surface area contributed by atoms with Gasteiger partial charge in [-0.25, -0.2) is 4.79 Å². The SMILES string of the molecule is CCOC(C)OC(=O)C1(C)COC(=O)OC1. The Morgan fingerprint density at radius 2 is 2.06 bits per heavy atom. The molecule has 0 aromatic rings. The number of carbonyl (C=O) groups is 2. The average molecular weight is 232 g/mol. The van der Waals surface area contributed by atoms with E-state index in [0.717, 1.165) is 0 Å². The number of rotatable bonds is 4. The van der Waals surface area contributed by atoms with Crippen LogP contribution in [0.1, 0.15) is 20.8 Å². The van der Waals surface area contributed by atoms with E-state index >= 15 is 0 Å². The van der Waals surface area contributed by atoms with Crippen molar-refractivity contribution in [3.63, 3.8) is 0 Å². The standard InChI is InChI=1S/C10H16O6/c1-4-13-7(2)16-8(11)10(3)5-14-9(12)15-6-10/h7H,4-6H2,1-3H3. The average Bonchev–Trinajstić information content (AvgIpc) is 2.23. The fraction of sp³-hybridized carbons (Fsp3) is 0.800. The zero-order valence-corrected chi connectivity index (χ0v) is 9.65. The fourth-order valence-electron chi connectivity index (χ4n) is 1.20. The van der Waals surface area contributed by atoms with Crippen LogP contribution in [0.4, 0.5) is 4.79 Å². The Morgan fingerprint density at radius 3 is 2.56 bits per heavy atom. The number of hydrogen-bond donors (Lipinski definition) is 0. The summed E-state index contributed by atoms with van der Waals surface area (Å²) in [5.41, 5.74) is -0.959. The second kappa shape index (κ2) is 5.16. The summed E-state index contributed by atoms with van der Waals surface area (Å²) in [6.07, 6.45) is -1.38. The summed E-state index contributed by atoms with van der Waals surface area (Å²) in [6, 6.07) is 0. The van der Waals surface area contributed by atoms with Gasteiger partial charge in [0, 0.05) is 6.61 Å². The molecule has 1 unspecified atom stereocenters. The number of ether oxygens (including phenoxy) is 4. The van der Waals surface area contributed by atoms with Gasteiger partial charge >= 0.3 is 12.1 Å². The van der Waals surface area contributed by atoms with Crippen LogP contribution in [-0.2, 0) is 23.7 Å². The number of carbonyl (C=O) groups excluding carboxylic acids is 2. The normalized spacial score (nSPS) is 20.6. The van der Waals surface area contributed by atoms with Gasteiger partial charge in [-0.15, -0.1) is 0 Å². The van der Waals surface area contributed by atoms with E-state index in [9.17, 15) is 9.59 Å². The quantitative estimate of drug-likeness (QED) is 0.533. The van der Waals surface area contributed by atoms with Gasteiger partial charge < -0.3 is 18.9 Å². The Morgan fingerprint density at radius 1 is 1.50 bits per heavy atom. The third-order valence-electron chi connectivity index (χ3n) is 2.18. The summed E-state index contributed by atoms with van der Waals surface area (Å²) >= 11 is 0. The van der Waals surface area contributed by atoms with Crippen LogP contribution in [0.15, 0.2) is 0 Å². The van der Waals surface area contributed by atoms with E-state index in [2.05, 4.69) is 9.47 Å². The van der Waals surface area contributed by atoms with Gasteiger partial charge in [-0.1, -0.05) is 0 Å². The molecular formula is C10H16O6. The number of hydrogen-bond acceptors (Lipinski definition) is 6. The second-order valence-corrected chi connectivity index (χ2v) is 3.82. The van der Waals surface area contributed by atoms with E-state index in [-0.39, 0.29) is 13.2 Å². The lowest BCUT2D eigenvalue weighted by molar-refractivity contribution is -0.193. The van der Waals surface area contributed by atoms with E-state index in [0.29, 0.717) is 6.61 Å². The Labute approximate surface area is 93.8 Å². The highest BCUT2D eigenvalue weighted by Gasteiger charge is 2.42. The molecule has 0 amide bonds. The lowest BCUT2D eigenvalue weighted by Crippen LogP contribution is -2.45. The molecule has 1 aliphatic heterocycles. The molecular weight excluding hydrogens is 216 g/mol. The largest absolute Gasteiger partial charge is 0.508 e. The summed E-state index contributed by atoms with van der Waals surface area (Å²) in [7, 11) is 0. The smallest absolute Gasteiger partial charge is 0.435 e. The Kier molecular flexibility index (Phi) is 4.12. The van der Waals surface area contributed by atoms with Gasteiger partial charge in [0.1, 0.15) is 18.6 Å². The molecule has 1 fully saturated rings. The first kappa shape index (κ1) is 12.8. The highest BCUT2D eigenvalue weighted by molar-refractivity contribution is 5.78. The van der Waals surface area contributed by atoms with Gasteiger partial charge in [0.15, 0.2) is 6.29 Å². The number of esters is 1. The van der Waals surface area contributed by atoms with E-state index in [1.807, 2.05) is 0 Å². The van der Waals surface area contributed by atoms with Crippen LogP contribution in [-0.4, -0.2) is 38.2 Å². The first-order valence-electron chi connectivity index (χ1n) is 5.10. The molecule has 1 heterocycles. The summed E-state index contributed by atoms with van der Waals surface area (Å²) in [5, 5.41) is 0. The first-order chi connectivity index (χ1) is 7.48. The van der Waals surface area contributed by atoms with Crippen LogP contribution in [0.25, 0.3) is 0 Å². The molecule has 6 heteroatoms. The maximum Gasteiger partial charge on any atom is 0.508 e. The molecule has 6 nitrogen and oxygen atoms in total. The molecule has 0 spiro atoms. The molecule has 0 radical (unpaired) electrons. The predicted molar refractivity (Wildman–Crippen MR) is 52.6 cm³/mol. The predicted octanol–water partition coefficient (Wildman–Crippen LogP) is 1.09. The van der Waals surface area contributed by atoms with Gasteiger partial charge in [0.05, 0.1) is 0 Å². The van der Waals surface area contributed by atoms with E-state index in [1.54, 1.807) is 20.8 Å². The number of cyclic esters (lactones) is 2. The van der Waals surface area contributed by atoms with Crippen molar-refractivity contribution in [1.29, 1.82) is 0 Å². The topological polar surface area (TPSA) is 71.1 Å². The molecule has 0 aromatic heterocycles. The van der Waals surface area contributed by atoms with Gasteiger partial charge in [-0.2, -0.15) is 0 Å². The summed E-state index contributed by atoms with van der Waals surface area (Å²) in [5.74, 6) is -0.499. The highest BCUT2D eigenvalue weighted by atomic mass is 16.7. The van der Waals surface area contributed by atoms with Gasteiger partial charge in [-0.05, 0) is 20.8 Å². The van der Waals surface area contributed by atoms with Gasteiger partial charge in [0.2, 0.25) is 0 Å². The Hall–Kier alpha value is -1.30. The molecule has 16 heavy (non-hydrogen) atoms. The van der Waals surface area contributed by atoms with Gasteiger partial charge in [0.25, 0.3) is 0 Å². The second-order valence-electron chi connectivity index (χ2n) is 3.82. The molecule has 0 aliphatic carbocycles. The fourth-order valence-corrected chi connectivity index (χ4v) is 1.20. The van der Waals surface area contributed by atoms with Crippen LogP contribution in [0.2, 0.25) is 0 Å². The van der Waals surface area contributed by atoms with Crippen molar-refractivity contribution in [3.05, 3.63) is 0 Å².